The Balaban J connectivity index is 1.66. The molecule has 1 saturated carbocycles. The number of hydrogen-bond acceptors (Lipinski definition) is 3. The molecule has 2 aliphatic rings. The molecule has 0 bridgehead atoms. The SMILES string of the molecule is CNc1cccc(C(=O)N2CCC3(CCCC3)CC2)n1. The lowest BCUT2D eigenvalue weighted by Crippen LogP contribution is -2.42. The van der Waals surface area contributed by atoms with Gasteiger partial charge in [0.1, 0.15) is 11.5 Å². The second-order valence-corrected chi connectivity index (χ2v) is 6.16. The fourth-order valence-corrected chi connectivity index (χ4v) is 3.66. The van der Waals surface area contributed by atoms with Gasteiger partial charge >= 0.3 is 0 Å². The van der Waals surface area contributed by atoms with E-state index in [-0.39, 0.29) is 5.91 Å². The molecular formula is C16H23N3O. The van der Waals surface area contributed by atoms with E-state index in [1.54, 1.807) is 0 Å². The number of piperidine rings is 1. The zero-order valence-electron chi connectivity index (χ0n) is 12.2. The van der Waals surface area contributed by atoms with Gasteiger partial charge in [-0.3, -0.25) is 4.79 Å². The Kier molecular flexibility index (Phi) is 3.64. The van der Waals surface area contributed by atoms with Crippen molar-refractivity contribution in [3.63, 3.8) is 0 Å². The summed E-state index contributed by atoms with van der Waals surface area (Å²) in [6.45, 7) is 1.79. The van der Waals surface area contributed by atoms with Crippen molar-refractivity contribution >= 4 is 11.7 Å². The van der Waals surface area contributed by atoms with Gasteiger partial charge in [0.2, 0.25) is 0 Å². The van der Waals surface area contributed by atoms with E-state index >= 15 is 0 Å². The molecule has 0 unspecified atom stereocenters. The smallest absolute Gasteiger partial charge is 0.272 e. The first-order valence-corrected chi connectivity index (χ1v) is 7.67. The Morgan fingerprint density at radius 1 is 1.20 bits per heavy atom. The molecule has 1 N–H and O–H groups in total. The lowest BCUT2D eigenvalue weighted by atomic mass is 9.77. The van der Waals surface area contributed by atoms with Crippen molar-refractivity contribution < 1.29 is 4.79 Å². The predicted molar refractivity (Wildman–Crippen MR) is 79.8 cm³/mol. The second-order valence-electron chi connectivity index (χ2n) is 6.16. The maximum atomic E-state index is 12.5. The molecule has 3 rings (SSSR count). The number of pyridine rings is 1. The largest absolute Gasteiger partial charge is 0.373 e. The van der Waals surface area contributed by atoms with Gasteiger partial charge < -0.3 is 10.2 Å². The molecule has 0 aromatic carbocycles. The van der Waals surface area contributed by atoms with Gasteiger partial charge in [-0.2, -0.15) is 0 Å². The van der Waals surface area contributed by atoms with E-state index in [1.807, 2.05) is 30.1 Å². The predicted octanol–water partition coefficient (Wildman–Crippen LogP) is 2.92. The first kappa shape index (κ1) is 13.4. The summed E-state index contributed by atoms with van der Waals surface area (Å²) in [5.74, 6) is 0.829. The Morgan fingerprint density at radius 3 is 2.55 bits per heavy atom. The van der Waals surface area contributed by atoms with Crippen molar-refractivity contribution in [2.24, 2.45) is 5.41 Å². The van der Waals surface area contributed by atoms with E-state index in [0.29, 0.717) is 11.1 Å². The summed E-state index contributed by atoms with van der Waals surface area (Å²) in [5, 5.41) is 2.98. The molecular weight excluding hydrogens is 250 g/mol. The maximum absolute atomic E-state index is 12.5. The van der Waals surface area contributed by atoms with E-state index in [2.05, 4.69) is 10.3 Å². The van der Waals surface area contributed by atoms with Crippen LogP contribution in [0, 0.1) is 5.41 Å². The zero-order valence-corrected chi connectivity index (χ0v) is 12.2. The van der Waals surface area contributed by atoms with Gasteiger partial charge in [-0.15, -0.1) is 0 Å². The van der Waals surface area contributed by atoms with Gasteiger partial charge in [0, 0.05) is 20.1 Å². The van der Waals surface area contributed by atoms with E-state index < -0.39 is 0 Å². The van der Waals surface area contributed by atoms with Crippen LogP contribution in [-0.2, 0) is 0 Å². The Labute approximate surface area is 120 Å². The van der Waals surface area contributed by atoms with E-state index in [9.17, 15) is 4.79 Å². The molecule has 4 nitrogen and oxygen atoms in total. The molecule has 1 amide bonds. The molecule has 20 heavy (non-hydrogen) atoms. The van der Waals surface area contributed by atoms with Crippen molar-refractivity contribution in [3.8, 4) is 0 Å². The summed E-state index contributed by atoms with van der Waals surface area (Å²) in [6, 6.07) is 5.57. The Hall–Kier alpha value is -1.58. The fourth-order valence-electron chi connectivity index (χ4n) is 3.66. The Bertz CT molecular complexity index is 484. The van der Waals surface area contributed by atoms with Crippen molar-refractivity contribution in [1.29, 1.82) is 0 Å². The number of nitrogens with one attached hydrogen (secondary N) is 1. The molecule has 0 atom stereocenters. The van der Waals surface area contributed by atoms with Gasteiger partial charge in [-0.05, 0) is 43.2 Å². The van der Waals surface area contributed by atoms with Crippen LogP contribution in [0.15, 0.2) is 18.2 Å². The summed E-state index contributed by atoms with van der Waals surface area (Å²) in [7, 11) is 1.82. The van der Waals surface area contributed by atoms with E-state index in [0.717, 1.165) is 18.9 Å². The molecule has 1 spiro atoms. The van der Waals surface area contributed by atoms with Crippen molar-refractivity contribution in [2.75, 3.05) is 25.5 Å². The third kappa shape index (κ3) is 2.51. The van der Waals surface area contributed by atoms with Crippen LogP contribution in [0.4, 0.5) is 5.82 Å². The Morgan fingerprint density at radius 2 is 1.90 bits per heavy atom. The summed E-state index contributed by atoms with van der Waals surface area (Å²) < 4.78 is 0. The number of likely N-dealkylation sites (tertiary alicyclic amines) is 1. The van der Waals surface area contributed by atoms with Crippen LogP contribution in [0.2, 0.25) is 0 Å². The molecule has 1 aliphatic carbocycles. The van der Waals surface area contributed by atoms with Crippen LogP contribution >= 0.6 is 0 Å². The summed E-state index contributed by atoms with van der Waals surface area (Å²) >= 11 is 0. The molecule has 1 aliphatic heterocycles. The quantitative estimate of drug-likeness (QED) is 0.901. The van der Waals surface area contributed by atoms with Crippen LogP contribution in [-0.4, -0.2) is 35.9 Å². The standard InChI is InChI=1S/C16H23N3O/c1-17-14-6-4-5-13(18-14)15(20)19-11-9-16(10-12-19)7-2-3-8-16/h4-6H,2-3,7-12H2,1H3,(H,17,18). The normalized spacial score (nSPS) is 21.1. The number of carbonyl (C=O) groups is 1. The minimum absolute atomic E-state index is 0.0787. The van der Waals surface area contributed by atoms with Gasteiger partial charge in [-0.1, -0.05) is 18.9 Å². The number of anilines is 1. The number of amides is 1. The maximum Gasteiger partial charge on any atom is 0.272 e. The first-order chi connectivity index (χ1) is 9.72. The van der Waals surface area contributed by atoms with Crippen molar-refractivity contribution in [1.82, 2.24) is 9.88 Å². The first-order valence-electron chi connectivity index (χ1n) is 7.67. The van der Waals surface area contributed by atoms with Crippen LogP contribution in [0.25, 0.3) is 0 Å². The van der Waals surface area contributed by atoms with Crippen LogP contribution in [0.5, 0.6) is 0 Å². The molecule has 1 saturated heterocycles. The van der Waals surface area contributed by atoms with Crippen LogP contribution in [0.1, 0.15) is 49.0 Å². The average molecular weight is 273 g/mol. The molecule has 0 radical (unpaired) electrons. The van der Waals surface area contributed by atoms with Gasteiger partial charge in [-0.25, -0.2) is 4.98 Å². The highest BCUT2D eigenvalue weighted by molar-refractivity contribution is 5.92. The molecule has 108 valence electrons. The second kappa shape index (κ2) is 5.43. The number of aromatic nitrogens is 1. The van der Waals surface area contributed by atoms with Crippen molar-refractivity contribution in [2.45, 2.75) is 38.5 Å². The highest BCUT2D eigenvalue weighted by atomic mass is 16.2. The topological polar surface area (TPSA) is 45.2 Å². The summed E-state index contributed by atoms with van der Waals surface area (Å²) in [6.07, 6.45) is 7.82. The zero-order chi connectivity index (χ0) is 14.0. The number of carbonyl (C=O) groups excluding carboxylic acids is 1. The summed E-state index contributed by atoms with van der Waals surface area (Å²) in [4.78, 5) is 18.8. The highest BCUT2D eigenvalue weighted by Crippen LogP contribution is 2.46. The highest BCUT2D eigenvalue weighted by Gasteiger charge is 2.38. The molecule has 4 heteroatoms. The number of rotatable bonds is 2. The van der Waals surface area contributed by atoms with Crippen LogP contribution < -0.4 is 5.32 Å². The van der Waals surface area contributed by atoms with Gasteiger partial charge in [0.25, 0.3) is 5.91 Å². The lowest BCUT2D eigenvalue weighted by molar-refractivity contribution is 0.0582. The summed E-state index contributed by atoms with van der Waals surface area (Å²) in [5.41, 5.74) is 1.11. The van der Waals surface area contributed by atoms with E-state index in [1.165, 1.54) is 38.5 Å². The third-order valence-corrected chi connectivity index (χ3v) is 5.00. The van der Waals surface area contributed by atoms with Crippen molar-refractivity contribution in [3.05, 3.63) is 23.9 Å². The average Bonchev–Trinajstić information content (AvgIpc) is 2.96. The monoisotopic (exact) mass is 273 g/mol. The minimum Gasteiger partial charge on any atom is -0.373 e. The molecule has 1 aromatic heterocycles. The third-order valence-electron chi connectivity index (χ3n) is 5.00. The van der Waals surface area contributed by atoms with Gasteiger partial charge in [0.05, 0.1) is 0 Å². The van der Waals surface area contributed by atoms with E-state index in [4.69, 9.17) is 0 Å². The number of nitrogens with zero attached hydrogens (tertiary/aromatic N) is 2. The minimum atomic E-state index is 0.0787. The number of hydrogen-bond donors (Lipinski definition) is 1. The lowest BCUT2D eigenvalue weighted by Gasteiger charge is -2.39. The molecule has 2 fully saturated rings. The molecule has 1 aromatic rings. The fraction of sp³-hybridized carbons (Fsp3) is 0.625. The van der Waals surface area contributed by atoms with Gasteiger partial charge in [0.15, 0.2) is 0 Å². The molecule has 2 heterocycles. The van der Waals surface area contributed by atoms with Crippen LogP contribution in [0.3, 0.4) is 0 Å².